The monoisotopic (exact) mass is 478 g/mol. The Morgan fingerprint density at radius 2 is 2.10 bits per heavy atom. The van der Waals surface area contributed by atoms with E-state index in [9.17, 15) is 26.4 Å². The number of rotatable bonds is 9. The number of carbonyl (C=O) groups excluding carboxylic acids is 1. The van der Waals surface area contributed by atoms with Crippen LogP contribution < -0.4 is 10.0 Å². The lowest BCUT2D eigenvalue weighted by Crippen LogP contribution is -2.29. The number of sulfonamides is 1. The van der Waals surface area contributed by atoms with Gasteiger partial charge in [0.2, 0.25) is 10.0 Å². The molecule has 168 valence electrons. The summed E-state index contributed by atoms with van der Waals surface area (Å²) in [5.41, 5.74) is -0.0340. The number of alkyl halides is 2. The molecule has 1 amide bonds. The van der Waals surface area contributed by atoms with Crippen LogP contribution in [-0.4, -0.2) is 57.3 Å². The number of nitrogens with one attached hydrogen (secondary N) is 2. The molecular formula is C17H17F3N4O5S2. The van der Waals surface area contributed by atoms with Crippen LogP contribution in [0.4, 0.5) is 18.3 Å². The largest absolute Gasteiger partial charge is 0.389 e. The van der Waals surface area contributed by atoms with E-state index >= 15 is 0 Å². The average molecular weight is 478 g/mol. The molecule has 0 saturated carbocycles. The van der Waals surface area contributed by atoms with E-state index in [0.717, 1.165) is 18.3 Å². The van der Waals surface area contributed by atoms with E-state index < -0.39 is 34.0 Å². The van der Waals surface area contributed by atoms with Crippen molar-refractivity contribution >= 4 is 38.1 Å². The first-order valence-corrected chi connectivity index (χ1v) is 11.2. The third-order valence-corrected chi connectivity index (χ3v) is 6.10. The summed E-state index contributed by atoms with van der Waals surface area (Å²) in [6.45, 7) is -0.248. The number of anilines is 1. The molecule has 2 N–H and O–H groups in total. The summed E-state index contributed by atoms with van der Waals surface area (Å²) in [5.74, 6) is -0.764. The molecule has 1 saturated heterocycles. The van der Waals surface area contributed by atoms with Crippen molar-refractivity contribution in [2.24, 2.45) is 5.16 Å². The first kappa shape index (κ1) is 23.1. The van der Waals surface area contributed by atoms with Crippen LogP contribution in [0.5, 0.6) is 0 Å². The van der Waals surface area contributed by atoms with E-state index in [2.05, 4.69) is 15.5 Å². The second-order valence-corrected chi connectivity index (χ2v) is 8.97. The van der Waals surface area contributed by atoms with Crippen LogP contribution in [0.2, 0.25) is 0 Å². The molecule has 14 heteroatoms. The number of thiazole rings is 1. The third kappa shape index (κ3) is 6.46. The van der Waals surface area contributed by atoms with Gasteiger partial charge in [0.25, 0.3) is 12.3 Å². The fraction of sp³-hybridized carbons (Fsp3) is 0.353. The molecule has 0 aliphatic carbocycles. The Bertz CT molecular complexity index is 1040. The Balaban J connectivity index is 1.82. The molecule has 1 atom stereocenters. The van der Waals surface area contributed by atoms with E-state index in [4.69, 9.17) is 9.57 Å². The Morgan fingerprint density at radius 3 is 2.68 bits per heavy atom. The van der Waals surface area contributed by atoms with Crippen LogP contribution in [0.1, 0.15) is 12.0 Å². The van der Waals surface area contributed by atoms with E-state index in [1.807, 2.05) is 0 Å². The summed E-state index contributed by atoms with van der Waals surface area (Å²) >= 11 is 0.611. The summed E-state index contributed by atoms with van der Waals surface area (Å²) in [7, 11) is -4.16. The van der Waals surface area contributed by atoms with Gasteiger partial charge in [-0.25, -0.2) is 26.9 Å². The summed E-state index contributed by atoms with van der Waals surface area (Å²) in [6, 6.07) is 4.81. The summed E-state index contributed by atoms with van der Waals surface area (Å²) in [4.78, 5) is 21.4. The highest BCUT2D eigenvalue weighted by molar-refractivity contribution is 7.89. The van der Waals surface area contributed by atoms with Crippen molar-refractivity contribution in [3.05, 3.63) is 41.2 Å². The quantitative estimate of drug-likeness (QED) is 0.420. The van der Waals surface area contributed by atoms with Crippen molar-refractivity contribution in [3.63, 3.8) is 0 Å². The van der Waals surface area contributed by atoms with Crippen molar-refractivity contribution in [1.82, 2.24) is 9.71 Å². The average Bonchev–Trinajstić information content (AvgIpc) is 3.39. The van der Waals surface area contributed by atoms with Gasteiger partial charge in [-0.05, 0) is 12.1 Å². The Hall–Kier alpha value is -2.55. The number of hydrogen-bond donors (Lipinski definition) is 2. The topological polar surface area (TPSA) is 119 Å². The van der Waals surface area contributed by atoms with E-state index in [1.165, 1.54) is 12.1 Å². The molecule has 31 heavy (non-hydrogen) atoms. The summed E-state index contributed by atoms with van der Waals surface area (Å²) in [5, 5.41) is 5.66. The number of carbonyl (C=O) groups is 1. The van der Waals surface area contributed by atoms with E-state index in [1.54, 1.807) is 4.72 Å². The maximum atomic E-state index is 13.1. The van der Waals surface area contributed by atoms with Crippen LogP contribution >= 0.6 is 11.3 Å². The van der Waals surface area contributed by atoms with Gasteiger partial charge >= 0.3 is 0 Å². The molecular weight excluding hydrogens is 461 g/mol. The van der Waals surface area contributed by atoms with Crippen molar-refractivity contribution in [2.45, 2.75) is 23.8 Å². The van der Waals surface area contributed by atoms with Crippen molar-refractivity contribution in [1.29, 1.82) is 0 Å². The maximum absolute atomic E-state index is 13.1. The lowest BCUT2D eigenvalue weighted by molar-refractivity contribution is -0.110. The number of benzene rings is 1. The summed E-state index contributed by atoms with van der Waals surface area (Å²) in [6.07, 6.45) is -1.69. The molecule has 0 unspecified atom stereocenters. The second-order valence-electron chi connectivity index (χ2n) is 6.22. The van der Waals surface area contributed by atoms with E-state index in [0.29, 0.717) is 31.0 Å². The van der Waals surface area contributed by atoms with Gasteiger partial charge in [0.1, 0.15) is 0 Å². The van der Waals surface area contributed by atoms with Crippen molar-refractivity contribution in [3.8, 4) is 0 Å². The zero-order chi connectivity index (χ0) is 22.4. The van der Waals surface area contributed by atoms with Crippen molar-refractivity contribution < 1.29 is 36.0 Å². The normalized spacial score (nSPS) is 17.2. The molecule has 2 heterocycles. The number of hydrogen-bond acceptors (Lipinski definition) is 8. The molecule has 2 aromatic rings. The molecule has 0 radical (unpaired) electrons. The number of ether oxygens (including phenoxy) is 1. The standard InChI is InChI=1S/C17H17F3N4O5S2/c18-13(19)7-22-31(26,27)12-3-1-10(2-4-12)15(24-29-11-5-6-28-9-11)16(25)23-17-21-8-14(20)30-17/h1-4,8,11,13,22H,5-7,9H2,(H,21,23,25)/b24-15+/t11-/m1/s1. The fourth-order valence-electron chi connectivity index (χ4n) is 2.47. The highest BCUT2D eigenvalue weighted by Gasteiger charge is 2.22. The summed E-state index contributed by atoms with van der Waals surface area (Å²) < 4.78 is 68.8. The van der Waals surface area contributed by atoms with Crippen LogP contribution in [0.3, 0.4) is 0 Å². The number of amides is 1. The SMILES string of the molecule is O=C(Nc1ncc(F)s1)/C(=N/O[C@@H]1CCOC1)c1ccc(S(=O)(=O)NCC(F)F)cc1. The van der Waals surface area contributed by atoms with Gasteiger partial charge in [0, 0.05) is 12.0 Å². The number of oxime groups is 1. The van der Waals surface area contributed by atoms with Gasteiger partial charge in [-0.3, -0.25) is 10.1 Å². The second kappa shape index (κ2) is 10.2. The Morgan fingerprint density at radius 1 is 1.35 bits per heavy atom. The Kier molecular flexibility index (Phi) is 7.59. The zero-order valence-corrected chi connectivity index (χ0v) is 17.4. The molecule has 1 aromatic carbocycles. The third-order valence-electron chi connectivity index (χ3n) is 3.96. The van der Waals surface area contributed by atoms with Crippen molar-refractivity contribution in [2.75, 3.05) is 25.1 Å². The predicted octanol–water partition coefficient (Wildman–Crippen LogP) is 1.97. The molecule has 0 spiro atoms. The molecule has 3 rings (SSSR count). The minimum atomic E-state index is -4.16. The van der Waals surface area contributed by atoms with Gasteiger partial charge in [0.15, 0.2) is 22.1 Å². The smallest absolute Gasteiger partial charge is 0.280 e. The van der Waals surface area contributed by atoms with E-state index in [-0.39, 0.29) is 27.4 Å². The molecule has 9 nitrogen and oxygen atoms in total. The zero-order valence-electron chi connectivity index (χ0n) is 15.8. The van der Waals surface area contributed by atoms with Crippen LogP contribution in [0.25, 0.3) is 0 Å². The minimum Gasteiger partial charge on any atom is -0.389 e. The predicted molar refractivity (Wildman–Crippen MR) is 105 cm³/mol. The number of nitrogens with zero attached hydrogens (tertiary/aromatic N) is 2. The van der Waals surface area contributed by atoms with Crippen LogP contribution in [0, 0.1) is 5.13 Å². The lowest BCUT2D eigenvalue weighted by Gasteiger charge is -2.11. The lowest BCUT2D eigenvalue weighted by atomic mass is 10.1. The van der Waals surface area contributed by atoms with Crippen LogP contribution in [0.15, 0.2) is 40.5 Å². The minimum absolute atomic E-state index is 0.00482. The maximum Gasteiger partial charge on any atom is 0.280 e. The Labute approximate surface area is 179 Å². The number of halogens is 3. The van der Waals surface area contributed by atoms with Gasteiger partial charge in [0.05, 0.1) is 30.9 Å². The van der Waals surface area contributed by atoms with Gasteiger partial charge in [-0.2, -0.15) is 4.39 Å². The molecule has 1 aliphatic heterocycles. The molecule has 1 aliphatic rings. The highest BCUT2D eigenvalue weighted by Crippen LogP contribution is 2.18. The molecule has 1 fully saturated rings. The van der Waals surface area contributed by atoms with Crippen LogP contribution in [-0.2, 0) is 24.4 Å². The highest BCUT2D eigenvalue weighted by atomic mass is 32.2. The molecule has 0 bridgehead atoms. The fourth-order valence-corrected chi connectivity index (χ4v) is 4.01. The number of aromatic nitrogens is 1. The molecule has 1 aromatic heterocycles. The first-order valence-electron chi connectivity index (χ1n) is 8.87. The van der Waals surface area contributed by atoms with Gasteiger partial charge < -0.3 is 9.57 Å². The van der Waals surface area contributed by atoms with Gasteiger partial charge in [-0.15, -0.1) is 0 Å². The van der Waals surface area contributed by atoms with Gasteiger partial charge in [-0.1, -0.05) is 28.6 Å². The first-order chi connectivity index (χ1) is 14.7.